The first kappa shape index (κ1) is 7.39. The lowest BCUT2D eigenvalue weighted by Crippen LogP contribution is -2.04. The molecule has 1 atom stereocenters. The first-order chi connectivity index (χ1) is 5.76. The second-order valence-electron chi connectivity index (χ2n) is 3.21. The zero-order valence-electron chi connectivity index (χ0n) is 7.00. The molecule has 1 aromatic rings. The van der Waals surface area contributed by atoms with Gasteiger partial charge in [-0.25, -0.2) is 0 Å². The summed E-state index contributed by atoms with van der Waals surface area (Å²) in [5, 5.41) is 0. The molecule has 0 bridgehead atoms. The van der Waals surface area contributed by atoms with Crippen LogP contribution in [0.2, 0.25) is 0 Å². The fraction of sp³-hybridized carbons (Fsp3) is 0.273. The van der Waals surface area contributed by atoms with E-state index in [1.807, 2.05) is 24.3 Å². The van der Waals surface area contributed by atoms with E-state index < -0.39 is 0 Å². The van der Waals surface area contributed by atoms with Gasteiger partial charge in [-0.05, 0) is 13.0 Å². The molecule has 2 rings (SSSR count). The van der Waals surface area contributed by atoms with Crippen molar-refractivity contribution in [2.75, 3.05) is 6.61 Å². The van der Waals surface area contributed by atoms with Gasteiger partial charge in [-0.2, -0.15) is 0 Å². The van der Waals surface area contributed by atoms with Crippen LogP contribution in [0.4, 0.5) is 0 Å². The number of ether oxygens (including phenoxy) is 1. The van der Waals surface area contributed by atoms with Gasteiger partial charge in [0.15, 0.2) is 0 Å². The van der Waals surface area contributed by atoms with Crippen LogP contribution in [0.15, 0.2) is 24.3 Å². The van der Waals surface area contributed by atoms with Crippen LogP contribution in [-0.4, -0.2) is 6.61 Å². The maximum atomic E-state index is 5.37. The third-order valence-corrected chi connectivity index (χ3v) is 2.23. The SMILES string of the molecule is C#Cc1ccccc1C1(C)CO1. The van der Waals surface area contributed by atoms with Gasteiger partial charge in [-0.3, -0.25) is 0 Å². The van der Waals surface area contributed by atoms with Crippen molar-refractivity contribution in [3.8, 4) is 12.3 Å². The summed E-state index contributed by atoms with van der Waals surface area (Å²) in [6.07, 6.45) is 5.37. The van der Waals surface area contributed by atoms with E-state index in [1.165, 1.54) is 0 Å². The minimum atomic E-state index is -0.108. The van der Waals surface area contributed by atoms with Crippen LogP contribution in [0.1, 0.15) is 18.1 Å². The lowest BCUT2D eigenvalue weighted by molar-refractivity contribution is 0.329. The third kappa shape index (κ3) is 1.01. The smallest absolute Gasteiger partial charge is 0.115 e. The van der Waals surface area contributed by atoms with Gasteiger partial charge in [0.2, 0.25) is 0 Å². The molecule has 1 heteroatoms. The van der Waals surface area contributed by atoms with E-state index in [2.05, 4.69) is 12.8 Å². The van der Waals surface area contributed by atoms with E-state index in [1.54, 1.807) is 0 Å². The molecule has 1 aliphatic rings. The van der Waals surface area contributed by atoms with Crippen molar-refractivity contribution in [3.05, 3.63) is 35.4 Å². The van der Waals surface area contributed by atoms with Crippen molar-refractivity contribution in [1.29, 1.82) is 0 Å². The van der Waals surface area contributed by atoms with Gasteiger partial charge >= 0.3 is 0 Å². The summed E-state index contributed by atoms with van der Waals surface area (Å²) < 4.78 is 5.33. The molecule has 0 amide bonds. The van der Waals surface area contributed by atoms with Gasteiger partial charge in [0.25, 0.3) is 0 Å². The Balaban J connectivity index is 2.50. The summed E-state index contributed by atoms with van der Waals surface area (Å²) >= 11 is 0. The molecule has 1 aromatic carbocycles. The second-order valence-corrected chi connectivity index (χ2v) is 3.21. The standard InChI is InChI=1S/C11H10O/c1-3-9-6-4-5-7-10(9)11(2)8-12-11/h1,4-7H,8H2,2H3. The zero-order chi connectivity index (χ0) is 8.60. The average Bonchev–Trinajstić information content (AvgIpc) is 2.85. The quantitative estimate of drug-likeness (QED) is 0.449. The van der Waals surface area contributed by atoms with E-state index in [0.29, 0.717) is 0 Å². The van der Waals surface area contributed by atoms with Crippen molar-refractivity contribution in [2.45, 2.75) is 12.5 Å². The van der Waals surface area contributed by atoms with E-state index in [0.717, 1.165) is 17.7 Å². The molecule has 0 radical (unpaired) electrons. The van der Waals surface area contributed by atoms with Crippen molar-refractivity contribution in [3.63, 3.8) is 0 Å². The molecule has 12 heavy (non-hydrogen) atoms. The van der Waals surface area contributed by atoms with Crippen LogP contribution in [-0.2, 0) is 10.3 Å². The van der Waals surface area contributed by atoms with Gasteiger partial charge in [0.1, 0.15) is 5.60 Å². The second kappa shape index (κ2) is 2.36. The first-order valence-electron chi connectivity index (χ1n) is 3.96. The molecule has 60 valence electrons. The monoisotopic (exact) mass is 158 g/mol. The maximum Gasteiger partial charge on any atom is 0.115 e. The summed E-state index contributed by atoms with van der Waals surface area (Å²) in [6.45, 7) is 2.84. The molecule has 1 nitrogen and oxygen atoms in total. The Hall–Kier alpha value is -1.26. The molecule has 1 aliphatic heterocycles. The minimum absolute atomic E-state index is 0.108. The highest BCUT2D eigenvalue weighted by Crippen LogP contribution is 2.39. The minimum Gasteiger partial charge on any atom is -0.365 e. The van der Waals surface area contributed by atoms with Crippen LogP contribution in [0.3, 0.4) is 0 Å². The first-order valence-corrected chi connectivity index (χ1v) is 3.96. The third-order valence-electron chi connectivity index (χ3n) is 2.23. The molecule has 1 unspecified atom stereocenters. The number of hydrogen-bond donors (Lipinski definition) is 0. The van der Waals surface area contributed by atoms with Gasteiger partial charge in [0.05, 0.1) is 6.61 Å². The molecule has 1 saturated heterocycles. The Bertz CT molecular complexity index is 342. The lowest BCUT2D eigenvalue weighted by atomic mass is 9.97. The number of epoxide rings is 1. The molecular weight excluding hydrogens is 148 g/mol. The van der Waals surface area contributed by atoms with Crippen LogP contribution in [0, 0.1) is 12.3 Å². The van der Waals surface area contributed by atoms with Crippen molar-refractivity contribution < 1.29 is 4.74 Å². The predicted octanol–water partition coefficient (Wildman–Crippen LogP) is 1.91. The number of hydrogen-bond acceptors (Lipinski definition) is 1. The van der Waals surface area contributed by atoms with Crippen LogP contribution >= 0.6 is 0 Å². The van der Waals surface area contributed by atoms with Gasteiger partial charge < -0.3 is 4.74 Å². The van der Waals surface area contributed by atoms with E-state index >= 15 is 0 Å². The lowest BCUT2D eigenvalue weighted by Gasteiger charge is -2.07. The highest BCUT2D eigenvalue weighted by atomic mass is 16.6. The summed E-state index contributed by atoms with van der Waals surface area (Å²) in [4.78, 5) is 0. The molecule has 0 aliphatic carbocycles. The van der Waals surface area contributed by atoms with Gasteiger partial charge in [0, 0.05) is 11.1 Å². The topological polar surface area (TPSA) is 12.5 Å². The fourth-order valence-electron chi connectivity index (χ4n) is 1.33. The van der Waals surface area contributed by atoms with E-state index in [9.17, 15) is 0 Å². The summed E-state index contributed by atoms with van der Waals surface area (Å²) in [5.41, 5.74) is 1.97. The highest BCUT2D eigenvalue weighted by molar-refractivity contribution is 5.44. The largest absolute Gasteiger partial charge is 0.365 e. The Morgan fingerprint density at radius 1 is 1.50 bits per heavy atom. The predicted molar refractivity (Wildman–Crippen MR) is 47.7 cm³/mol. The Kier molecular flexibility index (Phi) is 1.46. The summed E-state index contributed by atoms with van der Waals surface area (Å²) in [5.74, 6) is 2.66. The molecule has 0 aromatic heterocycles. The molecular formula is C11H10O. The molecule has 0 N–H and O–H groups in total. The Morgan fingerprint density at radius 3 is 2.75 bits per heavy atom. The highest BCUT2D eigenvalue weighted by Gasteiger charge is 2.42. The van der Waals surface area contributed by atoms with Crippen molar-refractivity contribution in [2.24, 2.45) is 0 Å². The summed E-state index contributed by atoms with van der Waals surface area (Å²) in [7, 11) is 0. The number of benzene rings is 1. The van der Waals surface area contributed by atoms with Crippen molar-refractivity contribution >= 4 is 0 Å². The van der Waals surface area contributed by atoms with Crippen molar-refractivity contribution in [1.82, 2.24) is 0 Å². The summed E-state index contributed by atoms with van der Waals surface area (Å²) in [6, 6.07) is 7.91. The van der Waals surface area contributed by atoms with Gasteiger partial charge in [-0.1, -0.05) is 24.1 Å². The Morgan fingerprint density at radius 2 is 2.17 bits per heavy atom. The average molecular weight is 158 g/mol. The van der Waals surface area contributed by atoms with Crippen LogP contribution in [0.25, 0.3) is 0 Å². The zero-order valence-corrected chi connectivity index (χ0v) is 7.00. The maximum absolute atomic E-state index is 5.37. The van der Waals surface area contributed by atoms with Crippen LogP contribution < -0.4 is 0 Å². The number of rotatable bonds is 1. The van der Waals surface area contributed by atoms with Crippen LogP contribution in [0.5, 0.6) is 0 Å². The molecule has 0 spiro atoms. The molecule has 0 saturated carbocycles. The number of terminal acetylenes is 1. The van der Waals surface area contributed by atoms with Gasteiger partial charge in [-0.15, -0.1) is 6.42 Å². The van der Waals surface area contributed by atoms with E-state index in [4.69, 9.17) is 11.2 Å². The molecule has 1 fully saturated rings. The Labute approximate surface area is 72.4 Å². The fourth-order valence-corrected chi connectivity index (χ4v) is 1.33. The normalized spacial score (nSPS) is 26.3. The molecule has 1 heterocycles. The van der Waals surface area contributed by atoms with E-state index in [-0.39, 0.29) is 5.60 Å².